The first kappa shape index (κ1) is 14.9. The topological polar surface area (TPSA) is 7.68 Å². The summed E-state index contributed by atoms with van der Waals surface area (Å²) in [4.78, 5) is 2.68. The third-order valence-corrected chi connectivity index (χ3v) is 1.65. The second-order valence-electron chi connectivity index (χ2n) is 3.37. The quantitative estimate of drug-likeness (QED) is 0.400. The van der Waals surface area contributed by atoms with Crippen LogP contribution in [0.25, 0.3) is 0 Å². The van der Waals surface area contributed by atoms with Crippen LogP contribution in [-0.4, -0.2) is 38.5 Å². The van der Waals surface area contributed by atoms with Gasteiger partial charge in [0.05, 0.1) is 20.1 Å². The van der Waals surface area contributed by atoms with Crippen molar-refractivity contribution in [3.8, 4) is 0 Å². The maximum atomic E-state index is 12.6. The molecule has 15 heavy (non-hydrogen) atoms. The van der Waals surface area contributed by atoms with Gasteiger partial charge in [0.15, 0.2) is 0 Å². The second-order valence-corrected chi connectivity index (χ2v) is 5.29. The van der Waals surface area contributed by atoms with Crippen molar-refractivity contribution in [2.75, 3.05) is 27.2 Å². The van der Waals surface area contributed by atoms with Crippen LogP contribution >= 0.6 is 7.81 Å². The van der Waals surface area contributed by atoms with Gasteiger partial charge in [-0.3, -0.25) is 4.90 Å². The van der Waals surface area contributed by atoms with Crippen LogP contribution in [-0.2, 0) is 0 Å². The molecular weight excluding hydrogens is 252 g/mol. The summed E-state index contributed by atoms with van der Waals surface area (Å²) in [5, 5.41) is 0. The molecule has 10 heteroatoms. The Balaban J connectivity index is 0.000000265. The van der Waals surface area contributed by atoms with E-state index in [1.165, 1.54) is 0 Å². The van der Waals surface area contributed by atoms with E-state index in [4.69, 9.17) is 0 Å². The van der Waals surface area contributed by atoms with Gasteiger partial charge < -0.3 is 0 Å². The van der Waals surface area contributed by atoms with Crippen LogP contribution in [0.15, 0.2) is 0 Å². The van der Waals surface area contributed by atoms with Gasteiger partial charge in [-0.05, 0) is 7.05 Å². The van der Waals surface area contributed by atoms with Crippen LogP contribution < -0.4 is 4.90 Å². The van der Waals surface area contributed by atoms with Crippen LogP contribution in [0.2, 0.25) is 0 Å². The molecule has 1 fully saturated rings. The zero-order valence-electron chi connectivity index (χ0n) is 8.03. The summed E-state index contributed by atoms with van der Waals surface area (Å²) in [5.41, 5.74) is 0. The predicted molar refractivity (Wildman–Crippen MR) is 42.8 cm³/mol. The van der Waals surface area contributed by atoms with Gasteiger partial charge in [-0.2, -0.15) is 4.39 Å². The molecule has 1 N–H and O–H groups in total. The van der Waals surface area contributed by atoms with E-state index in [2.05, 4.69) is 0 Å². The number of nitrogens with one attached hydrogen (secondary N) is 1. The number of likely N-dealkylation sites (N-methyl/N-ethyl adjacent to an activating group) is 2. The molecule has 1 heterocycles. The molecule has 1 rings (SSSR count). The molecular formula is C5H12F7N2P. The maximum absolute atomic E-state index is 12.6. The van der Waals surface area contributed by atoms with E-state index in [1.54, 1.807) is 11.9 Å². The second kappa shape index (κ2) is 3.43. The van der Waals surface area contributed by atoms with Crippen molar-refractivity contribution in [1.82, 2.24) is 4.90 Å². The van der Waals surface area contributed by atoms with Crippen LogP contribution in [0, 0.1) is 0 Å². The number of alkyl halides is 1. The molecule has 0 aliphatic carbocycles. The Hall–Kier alpha value is -0.140. The molecule has 0 aromatic heterocycles. The fourth-order valence-corrected chi connectivity index (χ4v) is 0.961. The van der Waals surface area contributed by atoms with E-state index in [0.29, 0.717) is 0 Å². The van der Waals surface area contributed by atoms with Crippen molar-refractivity contribution in [3.63, 3.8) is 0 Å². The van der Waals surface area contributed by atoms with Gasteiger partial charge in [0.2, 0.25) is 0 Å². The molecule has 1 saturated heterocycles. The Morgan fingerprint density at radius 2 is 1.47 bits per heavy atom. The van der Waals surface area contributed by atoms with Crippen molar-refractivity contribution in [2.45, 2.75) is 6.42 Å². The van der Waals surface area contributed by atoms with Crippen molar-refractivity contribution in [3.05, 3.63) is 0 Å². The number of hydrogen-bond acceptors (Lipinski definition) is 1. The van der Waals surface area contributed by atoms with Crippen molar-refractivity contribution >= 4 is 7.81 Å². The minimum absolute atomic E-state index is 0.769. The van der Waals surface area contributed by atoms with Gasteiger partial charge in [0.1, 0.15) is 0 Å². The number of hydrogen-bond donors (Lipinski definition) is 1. The molecule has 2 unspecified atom stereocenters. The standard InChI is InChI=1S/C5H11FN2.F6P/c1-7-3-4-8(2)5(7)6;1-7(2,3,4,5)6/h5H,3-4H2,1-2H3;/q;-1/p+1. The Morgan fingerprint density at radius 1 is 1.13 bits per heavy atom. The molecule has 1 aliphatic heterocycles. The minimum atomic E-state index is -10.7. The zero-order chi connectivity index (χ0) is 12.6. The third kappa shape index (κ3) is 11.8. The number of rotatable bonds is 0. The van der Waals surface area contributed by atoms with E-state index >= 15 is 0 Å². The fourth-order valence-electron chi connectivity index (χ4n) is 0.961. The predicted octanol–water partition coefficient (Wildman–Crippen LogP) is 2.08. The fraction of sp³-hybridized carbons (Fsp3) is 1.00. The Labute approximate surface area is 81.9 Å². The van der Waals surface area contributed by atoms with Crippen molar-refractivity contribution < 1.29 is 34.5 Å². The normalized spacial score (nSPS) is 32.6. The first-order chi connectivity index (χ1) is 6.16. The average molecular weight is 264 g/mol. The summed E-state index contributed by atoms with van der Waals surface area (Å²) in [5.74, 6) is 0. The zero-order valence-corrected chi connectivity index (χ0v) is 8.93. The summed E-state index contributed by atoms with van der Waals surface area (Å²) in [6.45, 7) is 1.81. The molecule has 0 aromatic rings. The molecule has 96 valence electrons. The molecule has 0 bridgehead atoms. The molecule has 0 saturated carbocycles. The SMILES string of the molecule is CN1CC[NH+](C)C1F.F[P-](F)(F)(F)(F)F. The number of halogens is 7. The van der Waals surface area contributed by atoms with Gasteiger partial charge in [-0.25, -0.2) is 4.90 Å². The van der Waals surface area contributed by atoms with E-state index in [0.717, 1.165) is 18.0 Å². The summed E-state index contributed by atoms with van der Waals surface area (Å²) >= 11 is 0. The van der Waals surface area contributed by atoms with Gasteiger partial charge >= 0.3 is 33.0 Å². The molecule has 0 radical (unpaired) electrons. The van der Waals surface area contributed by atoms with E-state index in [9.17, 15) is 29.6 Å². The Morgan fingerprint density at radius 3 is 1.53 bits per heavy atom. The van der Waals surface area contributed by atoms with Gasteiger partial charge in [-0.1, -0.05) is 0 Å². The van der Waals surface area contributed by atoms with Crippen molar-refractivity contribution in [1.29, 1.82) is 0 Å². The molecule has 2 nitrogen and oxygen atoms in total. The van der Waals surface area contributed by atoms with Crippen LogP contribution in [0.4, 0.5) is 29.6 Å². The first-order valence-electron chi connectivity index (χ1n) is 3.90. The molecule has 1 aliphatic rings. The Bertz CT molecular complexity index is 201. The van der Waals surface area contributed by atoms with Gasteiger partial charge in [0.25, 0.3) is 6.42 Å². The monoisotopic (exact) mass is 264 g/mol. The molecule has 0 amide bonds. The summed E-state index contributed by atoms with van der Waals surface area (Å²) in [6.07, 6.45) is -0.769. The number of quaternary nitrogens is 1. The van der Waals surface area contributed by atoms with E-state index < -0.39 is 14.2 Å². The van der Waals surface area contributed by atoms with Gasteiger partial charge in [0, 0.05) is 0 Å². The average Bonchev–Trinajstić information content (AvgIpc) is 2.13. The Kier molecular flexibility index (Phi) is 3.40. The van der Waals surface area contributed by atoms with E-state index in [1.807, 2.05) is 7.05 Å². The van der Waals surface area contributed by atoms with Gasteiger partial charge in [-0.15, -0.1) is 0 Å². The number of nitrogens with zero attached hydrogens (tertiary/aromatic N) is 1. The van der Waals surface area contributed by atoms with Crippen LogP contribution in [0.3, 0.4) is 0 Å². The first-order valence-corrected chi connectivity index (χ1v) is 5.92. The summed E-state index contributed by atoms with van der Waals surface area (Å²) < 4.78 is 71.8. The molecule has 2 atom stereocenters. The van der Waals surface area contributed by atoms with Crippen LogP contribution in [0.5, 0.6) is 0 Å². The van der Waals surface area contributed by atoms with Crippen LogP contribution in [0.1, 0.15) is 0 Å². The van der Waals surface area contributed by atoms with Crippen molar-refractivity contribution in [2.24, 2.45) is 0 Å². The third-order valence-electron chi connectivity index (χ3n) is 1.65. The molecule has 0 aromatic carbocycles. The molecule has 0 spiro atoms. The van der Waals surface area contributed by atoms with E-state index in [-0.39, 0.29) is 0 Å². The summed E-state index contributed by atoms with van der Waals surface area (Å²) in [7, 11) is -6.98. The summed E-state index contributed by atoms with van der Waals surface area (Å²) in [6, 6.07) is 0.